The lowest BCUT2D eigenvalue weighted by atomic mass is 10.0. The normalized spacial score (nSPS) is 11.0. The van der Waals surface area contributed by atoms with Gasteiger partial charge in [0.1, 0.15) is 0 Å². The smallest absolute Gasteiger partial charge is 0.0854 e. The van der Waals surface area contributed by atoms with E-state index in [1.807, 2.05) is 18.2 Å². The maximum absolute atomic E-state index is 9.15. The van der Waals surface area contributed by atoms with E-state index < -0.39 is 0 Å². The highest BCUT2D eigenvalue weighted by Gasteiger charge is 2.04. The summed E-state index contributed by atoms with van der Waals surface area (Å²) in [5.74, 6) is 0.531. The second-order valence-corrected chi connectivity index (χ2v) is 4.14. The molecule has 1 aromatic heterocycles. The van der Waals surface area contributed by atoms with Crippen molar-refractivity contribution >= 4 is 0 Å². The van der Waals surface area contributed by atoms with Gasteiger partial charge in [-0.25, -0.2) is 4.68 Å². The molecule has 3 nitrogen and oxygen atoms in total. The fourth-order valence-corrected chi connectivity index (χ4v) is 1.68. The molecule has 2 aromatic rings. The topological polar surface area (TPSA) is 38.0 Å². The molecule has 0 aliphatic carbocycles. The minimum atomic E-state index is 0.00588. The molecular formula is C13H16N2O. The summed E-state index contributed by atoms with van der Waals surface area (Å²) in [5.41, 5.74) is 3.09. The van der Waals surface area contributed by atoms with Crippen LogP contribution in [0.1, 0.15) is 31.0 Å². The number of aliphatic hydroxyl groups is 1. The Morgan fingerprint density at radius 3 is 2.44 bits per heavy atom. The summed E-state index contributed by atoms with van der Waals surface area (Å²) in [6.45, 7) is 4.34. The Hall–Kier alpha value is -1.61. The minimum Gasteiger partial charge on any atom is -0.390 e. The average molecular weight is 216 g/mol. The predicted octanol–water partition coefficient (Wildman–Crippen LogP) is 2.49. The first-order chi connectivity index (χ1) is 7.72. The van der Waals surface area contributed by atoms with Crippen molar-refractivity contribution in [1.82, 2.24) is 9.78 Å². The third-order valence-corrected chi connectivity index (χ3v) is 2.69. The van der Waals surface area contributed by atoms with Crippen molar-refractivity contribution in [2.75, 3.05) is 0 Å². The number of hydrogen-bond acceptors (Lipinski definition) is 2. The van der Waals surface area contributed by atoms with Crippen LogP contribution in [0.25, 0.3) is 5.69 Å². The van der Waals surface area contributed by atoms with Crippen molar-refractivity contribution in [3.05, 3.63) is 47.8 Å². The first-order valence-electron chi connectivity index (χ1n) is 5.46. The lowest BCUT2D eigenvalue weighted by Gasteiger charge is -2.08. The summed E-state index contributed by atoms with van der Waals surface area (Å²) >= 11 is 0. The summed E-state index contributed by atoms with van der Waals surface area (Å²) in [6.07, 6.45) is 1.70. The molecule has 0 amide bonds. The molecule has 1 aromatic carbocycles. The molecule has 84 valence electrons. The van der Waals surface area contributed by atoms with Crippen molar-refractivity contribution in [2.24, 2.45) is 0 Å². The van der Waals surface area contributed by atoms with Crippen LogP contribution < -0.4 is 0 Å². The predicted molar refractivity (Wildman–Crippen MR) is 63.6 cm³/mol. The second kappa shape index (κ2) is 4.49. The number of nitrogens with zero attached hydrogens (tertiary/aromatic N) is 2. The molecular weight excluding hydrogens is 200 g/mol. The Labute approximate surface area is 95.3 Å². The van der Waals surface area contributed by atoms with Crippen molar-refractivity contribution in [2.45, 2.75) is 26.4 Å². The standard InChI is InChI=1S/C13H16N2O/c1-10(2)11-3-5-12(6-4-11)15-13(9-16)7-8-14-15/h3-8,10,16H,9H2,1-2H3. The molecule has 0 atom stereocenters. The van der Waals surface area contributed by atoms with Crippen LogP contribution in [0, 0.1) is 0 Å². The van der Waals surface area contributed by atoms with Gasteiger partial charge in [-0.15, -0.1) is 0 Å². The molecule has 0 radical (unpaired) electrons. The van der Waals surface area contributed by atoms with Crippen LogP contribution in [-0.2, 0) is 6.61 Å². The molecule has 0 unspecified atom stereocenters. The van der Waals surface area contributed by atoms with Gasteiger partial charge >= 0.3 is 0 Å². The van der Waals surface area contributed by atoms with Crippen molar-refractivity contribution < 1.29 is 5.11 Å². The first kappa shape index (κ1) is 10.9. The molecule has 0 bridgehead atoms. The summed E-state index contributed by atoms with van der Waals surface area (Å²) in [7, 11) is 0. The first-order valence-corrected chi connectivity index (χ1v) is 5.46. The van der Waals surface area contributed by atoms with Crippen LogP contribution in [0.5, 0.6) is 0 Å². The van der Waals surface area contributed by atoms with Gasteiger partial charge in [-0.1, -0.05) is 26.0 Å². The van der Waals surface area contributed by atoms with E-state index in [1.165, 1.54) is 5.56 Å². The monoisotopic (exact) mass is 216 g/mol. The van der Waals surface area contributed by atoms with Gasteiger partial charge in [-0.2, -0.15) is 5.10 Å². The molecule has 1 heterocycles. The Morgan fingerprint density at radius 1 is 1.19 bits per heavy atom. The van der Waals surface area contributed by atoms with Gasteiger partial charge in [-0.3, -0.25) is 0 Å². The summed E-state index contributed by atoms with van der Waals surface area (Å²) in [6, 6.07) is 10.1. The van der Waals surface area contributed by atoms with Crippen LogP contribution in [0.4, 0.5) is 0 Å². The maximum Gasteiger partial charge on any atom is 0.0854 e. The number of aliphatic hydroxyl groups excluding tert-OH is 1. The molecule has 0 aliphatic rings. The number of aromatic nitrogens is 2. The van der Waals surface area contributed by atoms with Crippen LogP contribution >= 0.6 is 0 Å². The lowest BCUT2D eigenvalue weighted by Crippen LogP contribution is -2.02. The van der Waals surface area contributed by atoms with Gasteiger partial charge in [0.05, 0.1) is 18.0 Å². The van der Waals surface area contributed by atoms with Crippen molar-refractivity contribution in [1.29, 1.82) is 0 Å². The van der Waals surface area contributed by atoms with Gasteiger partial charge < -0.3 is 5.11 Å². The maximum atomic E-state index is 9.15. The molecule has 0 spiro atoms. The van der Waals surface area contributed by atoms with E-state index in [-0.39, 0.29) is 6.61 Å². The third-order valence-electron chi connectivity index (χ3n) is 2.69. The molecule has 0 saturated heterocycles. The van der Waals surface area contributed by atoms with Crippen molar-refractivity contribution in [3.63, 3.8) is 0 Å². The highest BCUT2D eigenvalue weighted by Crippen LogP contribution is 2.17. The lowest BCUT2D eigenvalue weighted by molar-refractivity contribution is 0.273. The summed E-state index contributed by atoms with van der Waals surface area (Å²) in [5, 5.41) is 13.3. The van der Waals surface area contributed by atoms with E-state index >= 15 is 0 Å². The van der Waals surface area contributed by atoms with Gasteiger partial charge in [0.25, 0.3) is 0 Å². The highest BCUT2D eigenvalue weighted by atomic mass is 16.3. The molecule has 1 N–H and O–H groups in total. The van der Waals surface area contributed by atoms with Gasteiger partial charge in [0.15, 0.2) is 0 Å². The van der Waals surface area contributed by atoms with Gasteiger partial charge in [0.2, 0.25) is 0 Å². The third kappa shape index (κ3) is 1.99. The number of hydrogen-bond donors (Lipinski definition) is 1. The van der Waals surface area contributed by atoms with E-state index in [9.17, 15) is 0 Å². The van der Waals surface area contributed by atoms with Gasteiger partial charge in [0, 0.05) is 6.20 Å². The molecule has 16 heavy (non-hydrogen) atoms. The SMILES string of the molecule is CC(C)c1ccc(-n2nccc2CO)cc1. The quantitative estimate of drug-likeness (QED) is 0.856. The Kier molecular flexibility index (Phi) is 3.06. The molecule has 0 saturated carbocycles. The zero-order valence-electron chi connectivity index (χ0n) is 9.59. The number of benzene rings is 1. The van der Waals surface area contributed by atoms with Gasteiger partial charge in [-0.05, 0) is 29.7 Å². The van der Waals surface area contributed by atoms with Crippen LogP contribution in [0.2, 0.25) is 0 Å². The van der Waals surface area contributed by atoms with E-state index in [0.29, 0.717) is 5.92 Å². The zero-order chi connectivity index (χ0) is 11.5. The van der Waals surface area contributed by atoms with E-state index in [2.05, 4.69) is 31.1 Å². The van der Waals surface area contributed by atoms with E-state index in [4.69, 9.17) is 5.11 Å². The average Bonchev–Trinajstić information content (AvgIpc) is 2.77. The molecule has 2 rings (SSSR count). The van der Waals surface area contributed by atoms with Crippen LogP contribution in [0.3, 0.4) is 0 Å². The second-order valence-electron chi connectivity index (χ2n) is 4.14. The van der Waals surface area contributed by atoms with Crippen molar-refractivity contribution in [3.8, 4) is 5.69 Å². The van der Waals surface area contributed by atoms with E-state index in [0.717, 1.165) is 11.4 Å². The highest BCUT2D eigenvalue weighted by molar-refractivity contribution is 5.36. The number of rotatable bonds is 3. The largest absolute Gasteiger partial charge is 0.390 e. The molecule has 3 heteroatoms. The Bertz CT molecular complexity index is 457. The Balaban J connectivity index is 2.35. The minimum absolute atomic E-state index is 0.00588. The summed E-state index contributed by atoms with van der Waals surface area (Å²) < 4.78 is 1.75. The van der Waals surface area contributed by atoms with Crippen LogP contribution in [0.15, 0.2) is 36.5 Å². The fraction of sp³-hybridized carbons (Fsp3) is 0.308. The molecule has 0 aliphatic heterocycles. The summed E-state index contributed by atoms with van der Waals surface area (Å²) in [4.78, 5) is 0. The Morgan fingerprint density at radius 2 is 1.88 bits per heavy atom. The van der Waals surface area contributed by atoms with Crippen LogP contribution in [-0.4, -0.2) is 14.9 Å². The molecule has 0 fully saturated rings. The zero-order valence-corrected chi connectivity index (χ0v) is 9.59. The fourth-order valence-electron chi connectivity index (χ4n) is 1.68. The van der Waals surface area contributed by atoms with E-state index in [1.54, 1.807) is 10.9 Å².